The topological polar surface area (TPSA) is 12.0 Å². The van der Waals surface area contributed by atoms with E-state index in [1.807, 2.05) is 0 Å². The zero-order valence-corrected chi connectivity index (χ0v) is 7.28. The van der Waals surface area contributed by atoms with Crippen molar-refractivity contribution < 1.29 is 0 Å². The summed E-state index contributed by atoms with van der Waals surface area (Å²) in [6, 6.07) is 0. The zero-order chi connectivity index (χ0) is 6.53. The lowest BCUT2D eigenvalue weighted by atomic mass is 10.1. The Hall–Kier alpha value is 0.440. The molecule has 0 amide bonds. The van der Waals surface area contributed by atoms with Gasteiger partial charge in [-0.25, -0.2) is 0 Å². The first kappa shape index (κ1) is 7.55. The average molecular weight is 192 g/mol. The van der Waals surface area contributed by atoms with Crippen LogP contribution in [0.15, 0.2) is 0 Å². The lowest BCUT2D eigenvalue weighted by Gasteiger charge is -2.08. The van der Waals surface area contributed by atoms with Crippen molar-refractivity contribution >= 4 is 15.9 Å². The van der Waals surface area contributed by atoms with Gasteiger partial charge >= 0.3 is 0 Å². The summed E-state index contributed by atoms with van der Waals surface area (Å²) in [6.45, 7) is 2.44. The molecule has 0 spiro atoms. The van der Waals surface area contributed by atoms with Crippen LogP contribution in [0, 0.1) is 5.92 Å². The molecule has 0 radical (unpaired) electrons. The maximum Gasteiger partial charge on any atom is 0.00717 e. The number of halogens is 1. The predicted octanol–water partition coefficient (Wildman–Crippen LogP) is 1.77. The summed E-state index contributed by atoms with van der Waals surface area (Å²) in [5.41, 5.74) is 0. The molecule has 2 heteroatoms. The highest BCUT2D eigenvalue weighted by atomic mass is 79.9. The molecule has 1 N–H and O–H groups in total. The van der Waals surface area contributed by atoms with Gasteiger partial charge in [0.2, 0.25) is 0 Å². The minimum absolute atomic E-state index is 0.882. The Bertz CT molecular complexity index is 67.3. The second kappa shape index (κ2) is 4.29. The lowest BCUT2D eigenvalue weighted by molar-refractivity contribution is 0.536. The van der Waals surface area contributed by atoms with E-state index >= 15 is 0 Å². The largest absolute Gasteiger partial charge is 0.316 e. The molecular formula is C7H14BrN. The van der Waals surface area contributed by atoms with Crippen molar-refractivity contribution in [2.24, 2.45) is 5.92 Å². The third-order valence-electron chi connectivity index (χ3n) is 1.87. The van der Waals surface area contributed by atoms with Gasteiger partial charge in [0.15, 0.2) is 0 Å². The Morgan fingerprint density at radius 2 is 2.33 bits per heavy atom. The maximum atomic E-state index is 3.51. The second-order valence-electron chi connectivity index (χ2n) is 2.72. The molecule has 0 saturated carbocycles. The smallest absolute Gasteiger partial charge is 0.00717 e. The summed E-state index contributed by atoms with van der Waals surface area (Å²) in [6.07, 6.45) is 4.17. The van der Waals surface area contributed by atoms with Crippen LogP contribution in [-0.4, -0.2) is 18.4 Å². The van der Waals surface area contributed by atoms with Gasteiger partial charge in [-0.2, -0.15) is 0 Å². The van der Waals surface area contributed by atoms with E-state index in [2.05, 4.69) is 21.2 Å². The number of nitrogens with one attached hydrogen (secondary N) is 1. The van der Waals surface area contributed by atoms with Crippen LogP contribution in [0.2, 0.25) is 0 Å². The van der Waals surface area contributed by atoms with Crippen LogP contribution in [0.1, 0.15) is 19.3 Å². The molecule has 0 aliphatic carbocycles. The third kappa shape index (κ3) is 2.67. The van der Waals surface area contributed by atoms with Gasteiger partial charge in [-0.1, -0.05) is 22.4 Å². The number of hydrogen-bond donors (Lipinski definition) is 1. The Morgan fingerprint density at radius 1 is 1.44 bits per heavy atom. The summed E-state index contributed by atoms with van der Waals surface area (Å²) in [7, 11) is 0. The Kier molecular flexibility index (Phi) is 3.59. The summed E-state index contributed by atoms with van der Waals surface area (Å²) in [5, 5.41) is 4.58. The molecule has 9 heavy (non-hydrogen) atoms. The maximum absolute atomic E-state index is 3.51. The molecule has 0 bridgehead atoms. The monoisotopic (exact) mass is 191 g/mol. The second-order valence-corrected chi connectivity index (χ2v) is 3.37. The summed E-state index contributed by atoms with van der Waals surface area (Å²) >= 11 is 3.51. The highest BCUT2D eigenvalue weighted by Crippen LogP contribution is 2.12. The standard InChI is InChI=1S/C7H14BrN/c8-5-7-3-1-2-4-9-6-7/h7,9H,1-6H2. The molecular weight excluding hydrogens is 178 g/mol. The van der Waals surface area contributed by atoms with Crippen LogP contribution in [0.4, 0.5) is 0 Å². The van der Waals surface area contributed by atoms with E-state index in [1.54, 1.807) is 0 Å². The molecule has 1 atom stereocenters. The molecule has 1 saturated heterocycles. The molecule has 1 rings (SSSR count). The fourth-order valence-corrected chi connectivity index (χ4v) is 1.78. The van der Waals surface area contributed by atoms with Crippen LogP contribution >= 0.6 is 15.9 Å². The van der Waals surface area contributed by atoms with Crippen LogP contribution in [0.25, 0.3) is 0 Å². The van der Waals surface area contributed by atoms with Crippen molar-refractivity contribution in [3.8, 4) is 0 Å². The third-order valence-corrected chi connectivity index (χ3v) is 2.78. The molecule has 0 aromatic carbocycles. The number of rotatable bonds is 1. The summed E-state index contributed by atoms with van der Waals surface area (Å²) in [4.78, 5) is 0. The molecule has 1 unspecified atom stereocenters. The summed E-state index contributed by atoms with van der Waals surface area (Å²) < 4.78 is 0. The van der Waals surface area contributed by atoms with Gasteiger partial charge in [0, 0.05) is 5.33 Å². The molecule has 1 heterocycles. The number of alkyl halides is 1. The lowest BCUT2D eigenvalue weighted by Crippen LogP contribution is -2.21. The van der Waals surface area contributed by atoms with Gasteiger partial charge < -0.3 is 5.32 Å². The van der Waals surface area contributed by atoms with Crippen molar-refractivity contribution in [3.05, 3.63) is 0 Å². The van der Waals surface area contributed by atoms with Gasteiger partial charge in [0.05, 0.1) is 0 Å². The Morgan fingerprint density at radius 3 is 3.11 bits per heavy atom. The minimum Gasteiger partial charge on any atom is -0.316 e. The van der Waals surface area contributed by atoms with Crippen molar-refractivity contribution in [2.75, 3.05) is 18.4 Å². The Balaban J connectivity index is 2.18. The van der Waals surface area contributed by atoms with Crippen molar-refractivity contribution in [3.63, 3.8) is 0 Å². The molecule has 1 fully saturated rings. The van der Waals surface area contributed by atoms with E-state index < -0.39 is 0 Å². The van der Waals surface area contributed by atoms with Crippen LogP contribution in [-0.2, 0) is 0 Å². The highest BCUT2D eigenvalue weighted by molar-refractivity contribution is 9.09. The molecule has 0 aromatic rings. The number of hydrogen-bond acceptors (Lipinski definition) is 1. The SMILES string of the molecule is BrCC1CCCCNC1. The molecule has 0 aromatic heterocycles. The van der Waals surface area contributed by atoms with E-state index in [0.29, 0.717) is 0 Å². The highest BCUT2D eigenvalue weighted by Gasteiger charge is 2.08. The van der Waals surface area contributed by atoms with Crippen molar-refractivity contribution in [2.45, 2.75) is 19.3 Å². The van der Waals surface area contributed by atoms with Gasteiger partial charge in [0.25, 0.3) is 0 Å². The van der Waals surface area contributed by atoms with E-state index in [0.717, 1.165) is 5.92 Å². The van der Waals surface area contributed by atoms with Gasteiger partial charge in [-0.05, 0) is 31.8 Å². The first-order valence-corrected chi connectivity index (χ1v) is 4.82. The zero-order valence-electron chi connectivity index (χ0n) is 5.70. The first-order chi connectivity index (χ1) is 4.43. The van der Waals surface area contributed by atoms with E-state index in [1.165, 1.54) is 37.7 Å². The fourth-order valence-electron chi connectivity index (χ4n) is 1.22. The van der Waals surface area contributed by atoms with Crippen LogP contribution in [0.3, 0.4) is 0 Å². The molecule has 54 valence electrons. The van der Waals surface area contributed by atoms with Gasteiger partial charge in [0.1, 0.15) is 0 Å². The van der Waals surface area contributed by atoms with Gasteiger partial charge in [-0.15, -0.1) is 0 Å². The van der Waals surface area contributed by atoms with E-state index in [4.69, 9.17) is 0 Å². The Labute approximate surface area is 65.3 Å². The first-order valence-electron chi connectivity index (χ1n) is 3.70. The molecule has 1 aliphatic rings. The van der Waals surface area contributed by atoms with E-state index in [-0.39, 0.29) is 0 Å². The van der Waals surface area contributed by atoms with Crippen molar-refractivity contribution in [1.29, 1.82) is 0 Å². The molecule has 1 aliphatic heterocycles. The fraction of sp³-hybridized carbons (Fsp3) is 1.00. The van der Waals surface area contributed by atoms with Crippen LogP contribution < -0.4 is 5.32 Å². The van der Waals surface area contributed by atoms with Crippen LogP contribution in [0.5, 0.6) is 0 Å². The van der Waals surface area contributed by atoms with Crippen molar-refractivity contribution in [1.82, 2.24) is 5.32 Å². The predicted molar refractivity (Wildman–Crippen MR) is 44.0 cm³/mol. The quantitative estimate of drug-likeness (QED) is 0.624. The summed E-state index contributed by atoms with van der Waals surface area (Å²) in [5.74, 6) is 0.882. The van der Waals surface area contributed by atoms with Gasteiger partial charge in [-0.3, -0.25) is 0 Å². The molecule has 1 nitrogen and oxygen atoms in total. The van der Waals surface area contributed by atoms with E-state index in [9.17, 15) is 0 Å². The average Bonchev–Trinajstić information content (AvgIpc) is 2.13. The normalized spacial score (nSPS) is 29.7. The minimum atomic E-state index is 0.882.